The van der Waals surface area contributed by atoms with E-state index in [4.69, 9.17) is 5.10 Å². The normalized spacial score (nSPS) is 11.5. The zero-order chi connectivity index (χ0) is 21.0. The molecule has 0 fully saturated rings. The highest BCUT2D eigenvalue weighted by atomic mass is 32.1. The molecule has 5 rings (SSSR count). The molecule has 150 valence electrons. The summed E-state index contributed by atoms with van der Waals surface area (Å²) in [6, 6.07) is 14.9. The maximum absolute atomic E-state index is 4.84. The van der Waals surface area contributed by atoms with Crippen molar-refractivity contribution in [3.63, 3.8) is 0 Å². The third-order valence-electron chi connectivity index (χ3n) is 6.06. The van der Waals surface area contributed by atoms with E-state index in [2.05, 4.69) is 75.3 Å². The summed E-state index contributed by atoms with van der Waals surface area (Å²) in [7, 11) is 0. The molecule has 0 radical (unpaired) electrons. The van der Waals surface area contributed by atoms with Crippen LogP contribution in [0.25, 0.3) is 26.3 Å². The first kappa shape index (κ1) is 18.8. The molecule has 0 saturated carbocycles. The third kappa shape index (κ3) is 3.06. The van der Waals surface area contributed by atoms with E-state index in [0.717, 1.165) is 22.8 Å². The number of nitrogens with one attached hydrogen (secondary N) is 1. The molecule has 0 aliphatic rings. The zero-order valence-corrected chi connectivity index (χ0v) is 18.7. The van der Waals surface area contributed by atoms with Crippen LogP contribution in [0.15, 0.2) is 48.7 Å². The molecule has 30 heavy (non-hydrogen) atoms. The maximum Gasteiger partial charge on any atom is 0.154 e. The molecular weight excluding hydrogens is 388 g/mol. The van der Waals surface area contributed by atoms with Gasteiger partial charge in [0.05, 0.1) is 11.1 Å². The highest BCUT2D eigenvalue weighted by Crippen LogP contribution is 2.37. The molecule has 1 N–H and O–H groups in total. The van der Waals surface area contributed by atoms with E-state index < -0.39 is 0 Å². The highest BCUT2D eigenvalue weighted by Gasteiger charge is 2.14. The number of rotatable bonds is 3. The van der Waals surface area contributed by atoms with Crippen molar-refractivity contribution in [1.82, 2.24) is 14.6 Å². The van der Waals surface area contributed by atoms with Gasteiger partial charge in [-0.1, -0.05) is 6.07 Å². The molecule has 0 unspecified atom stereocenters. The SMILES string of the molecule is Cc1ccc(Nc2ccc3ncc(-c4cc5c(C)c(C)c(C)cc5s4)n3n2)cc1C. The monoisotopic (exact) mass is 412 g/mol. The molecule has 0 aliphatic carbocycles. The van der Waals surface area contributed by atoms with E-state index in [9.17, 15) is 0 Å². The summed E-state index contributed by atoms with van der Waals surface area (Å²) in [6.07, 6.45) is 1.92. The van der Waals surface area contributed by atoms with Crippen LogP contribution in [0.4, 0.5) is 11.5 Å². The Morgan fingerprint density at radius 1 is 0.833 bits per heavy atom. The van der Waals surface area contributed by atoms with Crippen molar-refractivity contribution in [2.24, 2.45) is 0 Å². The molecule has 0 spiro atoms. The zero-order valence-electron chi connectivity index (χ0n) is 17.9. The molecule has 5 heteroatoms. The molecule has 4 nitrogen and oxygen atoms in total. The van der Waals surface area contributed by atoms with Gasteiger partial charge in [0, 0.05) is 10.4 Å². The topological polar surface area (TPSA) is 42.2 Å². The summed E-state index contributed by atoms with van der Waals surface area (Å²) in [4.78, 5) is 5.76. The Bertz CT molecular complexity index is 1420. The molecule has 0 aliphatic heterocycles. The second-order valence-electron chi connectivity index (χ2n) is 8.02. The van der Waals surface area contributed by atoms with Gasteiger partial charge in [-0.2, -0.15) is 0 Å². The summed E-state index contributed by atoms with van der Waals surface area (Å²) in [5, 5.41) is 9.58. The van der Waals surface area contributed by atoms with Gasteiger partial charge < -0.3 is 5.32 Å². The summed E-state index contributed by atoms with van der Waals surface area (Å²) in [5.41, 5.74) is 9.50. The van der Waals surface area contributed by atoms with Gasteiger partial charge in [0.25, 0.3) is 0 Å². The van der Waals surface area contributed by atoms with Crippen molar-refractivity contribution in [2.45, 2.75) is 34.6 Å². The molecule has 0 amide bonds. The Morgan fingerprint density at radius 3 is 2.47 bits per heavy atom. The van der Waals surface area contributed by atoms with Crippen molar-refractivity contribution in [2.75, 3.05) is 5.32 Å². The van der Waals surface area contributed by atoms with Crippen LogP contribution in [0.2, 0.25) is 0 Å². The van der Waals surface area contributed by atoms with Gasteiger partial charge in [-0.25, -0.2) is 9.50 Å². The first-order chi connectivity index (χ1) is 14.4. The fraction of sp³-hybridized carbons (Fsp3) is 0.200. The van der Waals surface area contributed by atoms with Crippen LogP contribution in [-0.2, 0) is 0 Å². The molecule has 3 aromatic heterocycles. The van der Waals surface area contributed by atoms with Gasteiger partial charge in [-0.15, -0.1) is 16.4 Å². The average Bonchev–Trinajstić information content (AvgIpc) is 3.33. The Balaban J connectivity index is 1.58. The first-order valence-electron chi connectivity index (χ1n) is 10.1. The molecule has 5 aromatic rings. The van der Waals surface area contributed by atoms with E-state index in [1.165, 1.54) is 42.8 Å². The molecule has 2 aromatic carbocycles. The van der Waals surface area contributed by atoms with Crippen molar-refractivity contribution < 1.29 is 0 Å². The van der Waals surface area contributed by atoms with Gasteiger partial charge in [-0.3, -0.25) is 0 Å². The minimum atomic E-state index is 0.800. The maximum atomic E-state index is 4.84. The Morgan fingerprint density at radius 2 is 1.67 bits per heavy atom. The number of aryl methyl sites for hydroxylation is 4. The lowest BCUT2D eigenvalue weighted by molar-refractivity contribution is 0.950. The summed E-state index contributed by atoms with van der Waals surface area (Å²) < 4.78 is 3.24. The number of benzene rings is 2. The van der Waals surface area contributed by atoms with E-state index in [-0.39, 0.29) is 0 Å². The minimum absolute atomic E-state index is 0.800. The summed E-state index contributed by atoms with van der Waals surface area (Å²) >= 11 is 1.80. The van der Waals surface area contributed by atoms with Crippen LogP contribution >= 0.6 is 11.3 Å². The van der Waals surface area contributed by atoms with Crippen molar-refractivity contribution >= 4 is 38.6 Å². The van der Waals surface area contributed by atoms with Gasteiger partial charge in [0.15, 0.2) is 11.5 Å². The predicted octanol–water partition coefficient (Wildman–Crippen LogP) is 6.90. The van der Waals surface area contributed by atoms with Crippen LogP contribution in [-0.4, -0.2) is 14.6 Å². The van der Waals surface area contributed by atoms with Gasteiger partial charge in [0.1, 0.15) is 5.69 Å². The van der Waals surface area contributed by atoms with Crippen molar-refractivity contribution in [3.05, 3.63) is 76.5 Å². The predicted molar refractivity (Wildman–Crippen MR) is 127 cm³/mol. The number of thiophene rings is 1. The van der Waals surface area contributed by atoms with Gasteiger partial charge in [-0.05, 0) is 104 Å². The number of fused-ring (bicyclic) bond motifs is 2. The van der Waals surface area contributed by atoms with E-state index in [1.54, 1.807) is 11.3 Å². The van der Waals surface area contributed by atoms with Crippen molar-refractivity contribution in [1.29, 1.82) is 0 Å². The lowest BCUT2D eigenvalue weighted by atomic mass is 10.0. The number of hydrogen-bond donors (Lipinski definition) is 1. The van der Waals surface area contributed by atoms with E-state index in [1.807, 2.05) is 22.8 Å². The quantitative estimate of drug-likeness (QED) is 0.350. The third-order valence-corrected chi connectivity index (χ3v) is 7.17. The summed E-state index contributed by atoms with van der Waals surface area (Å²) in [5.74, 6) is 0.800. The van der Waals surface area contributed by atoms with Gasteiger partial charge in [0.2, 0.25) is 0 Å². The summed E-state index contributed by atoms with van der Waals surface area (Å²) in [6.45, 7) is 10.8. The lowest BCUT2D eigenvalue weighted by Gasteiger charge is -2.08. The average molecular weight is 413 g/mol. The second-order valence-corrected chi connectivity index (χ2v) is 9.11. The smallest absolute Gasteiger partial charge is 0.154 e. The number of nitrogens with zero attached hydrogens (tertiary/aromatic N) is 3. The fourth-order valence-corrected chi connectivity index (χ4v) is 5.02. The van der Waals surface area contributed by atoms with Gasteiger partial charge >= 0.3 is 0 Å². The number of imidazole rings is 1. The second kappa shape index (κ2) is 6.96. The molecule has 0 atom stereocenters. The number of hydrogen-bond acceptors (Lipinski definition) is 4. The van der Waals surface area contributed by atoms with E-state index in [0.29, 0.717) is 0 Å². The van der Waals surface area contributed by atoms with Crippen LogP contribution in [0.5, 0.6) is 0 Å². The lowest BCUT2D eigenvalue weighted by Crippen LogP contribution is -2.00. The molecule has 3 heterocycles. The fourth-order valence-electron chi connectivity index (χ4n) is 3.81. The molecule has 0 bridgehead atoms. The largest absolute Gasteiger partial charge is 0.339 e. The van der Waals surface area contributed by atoms with Crippen LogP contribution < -0.4 is 5.32 Å². The number of aromatic nitrogens is 3. The number of anilines is 2. The minimum Gasteiger partial charge on any atom is -0.339 e. The molecular formula is C25H24N4S. The standard InChI is InChI=1S/C25H24N4S/c1-14-6-7-19(10-15(14)2)27-24-8-9-25-26-13-21(29(25)28-24)23-12-20-18(5)17(4)16(3)11-22(20)30-23/h6-13H,1-5H3,(H,27,28). The Labute approximate surface area is 180 Å². The van der Waals surface area contributed by atoms with Crippen LogP contribution in [0, 0.1) is 34.6 Å². The Hall–Kier alpha value is -3.18. The Kier molecular flexibility index (Phi) is 4.36. The van der Waals surface area contributed by atoms with Crippen molar-refractivity contribution in [3.8, 4) is 10.6 Å². The van der Waals surface area contributed by atoms with Crippen LogP contribution in [0.1, 0.15) is 27.8 Å². The molecule has 0 saturated heterocycles. The first-order valence-corrected chi connectivity index (χ1v) is 10.9. The highest BCUT2D eigenvalue weighted by molar-refractivity contribution is 7.22. The van der Waals surface area contributed by atoms with Crippen LogP contribution in [0.3, 0.4) is 0 Å². The van der Waals surface area contributed by atoms with E-state index >= 15 is 0 Å².